The minimum Gasteiger partial charge on any atom is -0.0895 e. The molecule has 0 aliphatic rings. The maximum atomic E-state index is 3.66. The lowest BCUT2D eigenvalue weighted by Crippen LogP contribution is -1.90. The van der Waals surface area contributed by atoms with Gasteiger partial charge < -0.3 is 0 Å². The molecule has 0 radical (unpaired) electrons. The Labute approximate surface area is 116 Å². The second-order valence-corrected chi connectivity index (χ2v) is 6.07. The summed E-state index contributed by atoms with van der Waals surface area (Å²) in [7, 11) is 0. The summed E-state index contributed by atoms with van der Waals surface area (Å²) in [6.45, 7) is 6.49. The van der Waals surface area contributed by atoms with Crippen molar-refractivity contribution < 1.29 is 0 Å². The van der Waals surface area contributed by atoms with Crippen molar-refractivity contribution in [2.45, 2.75) is 30.6 Å². The normalized spacial score (nSPS) is 10.6. The van der Waals surface area contributed by atoms with Crippen LogP contribution < -0.4 is 0 Å². The van der Waals surface area contributed by atoms with Crippen LogP contribution in [0.25, 0.3) is 0 Å². The number of rotatable bonds is 2. The molecule has 0 fully saturated rings. The van der Waals surface area contributed by atoms with Gasteiger partial charge in [-0.15, -0.1) is 0 Å². The van der Waals surface area contributed by atoms with E-state index in [1.165, 1.54) is 31.0 Å². The fourth-order valence-electron chi connectivity index (χ4n) is 1.91. The standard InChI is InChI=1S/C15H15BrS/c1-10-9-11(2)15(12(3)14(10)16)17-13-7-5-4-6-8-13/h4-9H,1-3H3. The first-order valence-corrected chi connectivity index (χ1v) is 7.19. The molecule has 0 nitrogen and oxygen atoms in total. The van der Waals surface area contributed by atoms with E-state index in [4.69, 9.17) is 0 Å². The van der Waals surface area contributed by atoms with Crippen LogP contribution in [-0.4, -0.2) is 0 Å². The van der Waals surface area contributed by atoms with Crippen LogP contribution in [0.15, 0.2) is 50.7 Å². The molecule has 0 spiro atoms. The second kappa shape index (κ2) is 5.28. The van der Waals surface area contributed by atoms with Gasteiger partial charge >= 0.3 is 0 Å². The predicted octanol–water partition coefficient (Wildman–Crippen LogP) is 5.53. The fraction of sp³-hybridized carbons (Fsp3) is 0.200. The van der Waals surface area contributed by atoms with Gasteiger partial charge in [-0.1, -0.05) is 52.0 Å². The van der Waals surface area contributed by atoms with Gasteiger partial charge in [0.15, 0.2) is 0 Å². The number of halogens is 1. The maximum Gasteiger partial charge on any atom is 0.0245 e. The number of hydrogen-bond acceptors (Lipinski definition) is 1. The summed E-state index contributed by atoms with van der Waals surface area (Å²) < 4.78 is 1.22. The van der Waals surface area contributed by atoms with Gasteiger partial charge in [0.05, 0.1) is 0 Å². The van der Waals surface area contributed by atoms with E-state index in [1.54, 1.807) is 0 Å². The van der Waals surface area contributed by atoms with Crippen LogP contribution in [0.1, 0.15) is 16.7 Å². The molecule has 2 rings (SSSR count). The van der Waals surface area contributed by atoms with Gasteiger partial charge in [0.1, 0.15) is 0 Å². The molecule has 0 amide bonds. The first-order valence-electron chi connectivity index (χ1n) is 5.59. The van der Waals surface area contributed by atoms with Gasteiger partial charge in [0.2, 0.25) is 0 Å². The van der Waals surface area contributed by atoms with Crippen molar-refractivity contribution >= 4 is 27.7 Å². The van der Waals surface area contributed by atoms with Crippen LogP contribution in [0.5, 0.6) is 0 Å². The van der Waals surface area contributed by atoms with Crippen molar-refractivity contribution in [1.29, 1.82) is 0 Å². The highest BCUT2D eigenvalue weighted by atomic mass is 79.9. The van der Waals surface area contributed by atoms with E-state index in [0.29, 0.717) is 0 Å². The van der Waals surface area contributed by atoms with Gasteiger partial charge in [-0.05, 0) is 49.6 Å². The van der Waals surface area contributed by atoms with Crippen molar-refractivity contribution in [2.24, 2.45) is 0 Å². The van der Waals surface area contributed by atoms with Crippen LogP contribution in [0.2, 0.25) is 0 Å². The van der Waals surface area contributed by atoms with Crippen LogP contribution in [0.3, 0.4) is 0 Å². The third kappa shape index (κ3) is 2.75. The Hall–Kier alpha value is -0.730. The molecule has 0 heterocycles. The van der Waals surface area contributed by atoms with E-state index in [1.807, 2.05) is 11.8 Å². The molecule has 2 aromatic rings. The lowest BCUT2D eigenvalue weighted by atomic mass is 10.1. The maximum absolute atomic E-state index is 3.66. The Balaban J connectivity index is 2.43. The third-order valence-electron chi connectivity index (χ3n) is 2.77. The predicted molar refractivity (Wildman–Crippen MR) is 78.9 cm³/mol. The lowest BCUT2D eigenvalue weighted by molar-refractivity contribution is 1.16. The van der Waals surface area contributed by atoms with Gasteiger partial charge in [0.25, 0.3) is 0 Å². The quantitative estimate of drug-likeness (QED) is 0.703. The topological polar surface area (TPSA) is 0 Å². The molecular formula is C15H15BrS. The smallest absolute Gasteiger partial charge is 0.0245 e. The zero-order valence-electron chi connectivity index (χ0n) is 10.3. The molecule has 0 saturated heterocycles. The first-order chi connectivity index (χ1) is 8.09. The van der Waals surface area contributed by atoms with Crippen LogP contribution in [0.4, 0.5) is 0 Å². The van der Waals surface area contributed by atoms with E-state index in [9.17, 15) is 0 Å². The Kier molecular flexibility index (Phi) is 3.95. The number of aryl methyl sites for hydroxylation is 2. The SMILES string of the molecule is Cc1cc(C)c(Sc2ccccc2)c(C)c1Br. The van der Waals surface area contributed by atoms with Crippen molar-refractivity contribution in [3.05, 3.63) is 57.6 Å². The summed E-state index contributed by atoms with van der Waals surface area (Å²) in [5.74, 6) is 0. The summed E-state index contributed by atoms with van der Waals surface area (Å²) in [6, 6.07) is 12.7. The minimum atomic E-state index is 1.22. The average Bonchev–Trinajstić information content (AvgIpc) is 2.33. The highest BCUT2D eigenvalue weighted by Crippen LogP contribution is 2.37. The van der Waals surface area contributed by atoms with Gasteiger partial charge in [0, 0.05) is 14.3 Å². The van der Waals surface area contributed by atoms with E-state index in [0.717, 1.165) is 0 Å². The third-order valence-corrected chi connectivity index (χ3v) is 5.33. The summed E-state index contributed by atoms with van der Waals surface area (Å²) in [5, 5.41) is 0. The van der Waals surface area contributed by atoms with Gasteiger partial charge in [-0.2, -0.15) is 0 Å². The molecule has 0 atom stereocenters. The van der Waals surface area contributed by atoms with Crippen molar-refractivity contribution in [3.8, 4) is 0 Å². The molecule has 0 bridgehead atoms. The molecule has 0 aliphatic heterocycles. The molecule has 2 aromatic carbocycles. The number of benzene rings is 2. The second-order valence-electron chi connectivity index (χ2n) is 4.19. The fourth-order valence-corrected chi connectivity index (χ4v) is 3.36. The minimum absolute atomic E-state index is 1.22. The molecule has 0 aliphatic carbocycles. The van der Waals surface area contributed by atoms with Crippen molar-refractivity contribution in [3.63, 3.8) is 0 Å². The Bertz CT molecular complexity index is 532. The summed E-state index contributed by atoms with van der Waals surface area (Å²) in [5.41, 5.74) is 3.98. The van der Waals surface area contributed by atoms with Gasteiger partial charge in [-0.3, -0.25) is 0 Å². The molecular weight excluding hydrogens is 292 g/mol. The molecule has 2 heteroatoms. The summed E-state index contributed by atoms with van der Waals surface area (Å²) >= 11 is 5.50. The highest BCUT2D eigenvalue weighted by molar-refractivity contribution is 9.10. The average molecular weight is 307 g/mol. The Morgan fingerprint density at radius 1 is 0.941 bits per heavy atom. The Morgan fingerprint density at radius 2 is 1.59 bits per heavy atom. The van der Waals surface area contributed by atoms with E-state index >= 15 is 0 Å². The number of hydrogen-bond donors (Lipinski definition) is 0. The zero-order chi connectivity index (χ0) is 12.4. The molecule has 88 valence electrons. The zero-order valence-corrected chi connectivity index (χ0v) is 12.7. The van der Waals surface area contributed by atoms with Gasteiger partial charge in [-0.25, -0.2) is 0 Å². The summed E-state index contributed by atoms with van der Waals surface area (Å²) in [4.78, 5) is 2.64. The summed E-state index contributed by atoms with van der Waals surface area (Å²) in [6.07, 6.45) is 0. The van der Waals surface area contributed by atoms with Crippen LogP contribution in [0, 0.1) is 20.8 Å². The molecule has 0 aromatic heterocycles. The van der Waals surface area contributed by atoms with Crippen molar-refractivity contribution in [2.75, 3.05) is 0 Å². The largest absolute Gasteiger partial charge is 0.0895 e. The van der Waals surface area contributed by atoms with Crippen molar-refractivity contribution in [1.82, 2.24) is 0 Å². The lowest BCUT2D eigenvalue weighted by Gasteiger charge is -2.13. The molecule has 0 N–H and O–H groups in total. The van der Waals surface area contributed by atoms with E-state index in [2.05, 4.69) is 73.1 Å². The highest BCUT2D eigenvalue weighted by Gasteiger charge is 2.10. The van der Waals surface area contributed by atoms with Crippen LogP contribution in [-0.2, 0) is 0 Å². The molecule has 0 saturated carbocycles. The Morgan fingerprint density at radius 3 is 2.24 bits per heavy atom. The first kappa shape index (κ1) is 12.7. The van der Waals surface area contributed by atoms with E-state index in [-0.39, 0.29) is 0 Å². The van der Waals surface area contributed by atoms with Crippen LogP contribution >= 0.6 is 27.7 Å². The molecule has 17 heavy (non-hydrogen) atoms. The molecule has 0 unspecified atom stereocenters. The van der Waals surface area contributed by atoms with E-state index < -0.39 is 0 Å². The monoisotopic (exact) mass is 306 g/mol.